The molecule has 2 amide bonds. The van der Waals surface area contributed by atoms with E-state index in [2.05, 4.69) is 5.32 Å². The van der Waals surface area contributed by atoms with Crippen LogP contribution in [0.25, 0.3) is 5.57 Å². The fourth-order valence-corrected chi connectivity index (χ4v) is 3.13. The Morgan fingerprint density at radius 3 is 2.48 bits per heavy atom. The highest BCUT2D eigenvalue weighted by Gasteiger charge is 2.39. The van der Waals surface area contributed by atoms with Crippen molar-refractivity contribution in [3.05, 3.63) is 89.8 Å². The number of imide groups is 1. The van der Waals surface area contributed by atoms with Gasteiger partial charge in [-0.05, 0) is 48.0 Å². The van der Waals surface area contributed by atoms with Crippen molar-refractivity contribution in [2.24, 2.45) is 0 Å². The van der Waals surface area contributed by atoms with Crippen LogP contribution >= 0.6 is 0 Å². The minimum Gasteiger partial charge on any atom is -0.497 e. The second-order valence-electron chi connectivity index (χ2n) is 6.39. The first-order valence-corrected chi connectivity index (χ1v) is 8.86. The van der Waals surface area contributed by atoms with E-state index in [9.17, 15) is 14.0 Å². The maximum absolute atomic E-state index is 13.6. The zero-order chi connectivity index (χ0) is 20.4. The van der Waals surface area contributed by atoms with Crippen molar-refractivity contribution >= 4 is 23.1 Å². The standard InChI is InChI=1S/C22H17FN2O4/c1-28-17-9-7-14(8-10-17)19-20(24-16-5-2-4-15(23)12-16)22(27)25(21(19)26)13-18-6-3-11-29-18/h2-12,24H,13H2,1H3. The molecule has 0 spiro atoms. The molecule has 0 saturated carbocycles. The Bertz CT molecular complexity index is 1090. The van der Waals surface area contributed by atoms with Crippen LogP contribution in [-0.2, 0) is 16.1 Å². The van der Waals surface area contributed by atoms with Crippen LogP contribution in [0.3, 0.4) is 0 Å². The summed E-state index contributed by atoms with van der Waals surface area (Å²) in [7, 11) is 1.54. The van der Waals surface area contributed by atoms with Gasteiger partial charge in [0.25, 0.3) is 11.8 Å². The normalized spacial score (nSPS) is 13.9. The first-order chi connectivity index (χ1) is 14.1. The van der Waals surface area contributed by atoms with Crippen molar-refractivity contribution in [1.29, 1.82) is 0 Å². The molecule has 0 fully saturated rings. The van der Waals surface area contributed by atoms with Crippen molar-refractivity contribution in [2.75, 3.05) is 12.4 Å². The molecule has 2 aromatic carbocycles. The lowest BCUT2D eigenvalue weighted by atomic mass is 10.0. The van der Waals surface area contributed by atoms with Crippen molar-refractivity contribution in [3.63, 3.8) is 0 Å². The number of rotatable bonds is 6. The molecule has 2 heterocycles. The van der Waals surface area contributed by atoms with E-state index in [0.29, 0.717) is 22.8 Å². The lowest BCUT2D eigenvalue weighted by Gasteiger charge is -2.13. The Morgan fingerprint density at radius 1 is 1.03 bits per heavy atom. The van der Waals surface area contributed by atoms with Crippen LogP contribution in [0.2, 0.25) is 0 Å². The van der Waals surface area contributed by atoms with Crippen LogP contribution in [0.1, 0.15) is 11.3 Å². The van der Waals surface area contributed by atoms with E-state index >= 15 is 0 Å². The average molecular weight is 392 g/mol. The number of hydrogen-bond donors (Lipinski definition) is 1. The molecular formula is C22H17FN2O4. The summed E-state index contributed by atoms with van der Waals surface area (Å²) in [6, 6.07) is 15.9. The SMILES string of the molecule is COc1ccc(C2=C(Nc3cccc(F)c3)C(=O)N(Cc3ccco3)C2=O)cc1. The van der Waals surface area contributed by atoms with Gasteiger partial charge in [-0.1, -0.05) is 18.2 Å². The third-order valence-corrected chi connectivity index (χ3v) is 4.53. The molecule has 1 aliphatic rings. The molecule has 146 valence electrons. The van der Waals surface area contributed by atoms with E-state index in [0.717, 1.165) is 4.90 Å². The first kappa shape index (κ1) is 18.5. The fraction of sp³-hybridized carbons (Fsp3) is 0.0909. The molecule has 7 heteroatoms. The summed E-state index contributed by atoms with van der Waals surface area (Å²) in [6.07, 6.45) is 1.48. The minimum atomic E-state index is -0.513. The van der Waals surface area contributed by atoms with E-state index in [4.69, 9.17) is 9.15 Å². The van der Waals surface area contributed by atoms with E-state index in [1.807, 2.05) is 0 Å². The van der Waals surface area contributed by atoms with Crippen molar-refractivity contribution < 1.29 is 23.1 Å². The number of anilines is 1. The number of amides is 2. The molecule has 0 bridgehead atoms. The summed E-state index contributed by atoms with van der Waals surface area (Å²) in [5.41, 5.74) is 1.20. The van der Waals surface area contributed by atoms with Gasteiger partial charge in [0.05, 0.1) is 25.5 Å². The Labute approximate surface area is 166 Å². The van der Waals surface area contributed by atoms with Gasteiger partial charge in [0, 0.05) is 5.69 Å². The van der Waals surface area contributed by atoms with Gasteiger partial charge in [-0.3, -0.25) is 14.5 Å². The van der Waals surface area contributed by atoms with E-state index in [1.54, 1.807) is 49.6 Å². The highest BCUT2D eigenvalue weighted by molar-refractivity contribution is 6.36. The van der Waals surface area contributed by atoms with Gasteiger partial charge in [0.15, 0.2) is 0 Å². The number of carbonyl (C=O) groups excluding carboxylic acids is 2. The molecule has 6 nitrogen and oxygen atoms in total. The number of hydrogen-bond acceptors (Lipinski definition) is 5. The van der Waals surface area contributed by atoms with Crippen LogP contribution in [0.4, 0.5) is 10.1 Å². The largest absolute Gasteiger partial charge is 0.497 e. The molecule has 1 N–H and O–H groups in total. The lowest BCUT2D eigenvalue weighted by molar-refractivity contribution is -0.137. The summed E-state index contributed by atoms with van der Waals surface area (Å²) < 4.78 is 24.0. The Kier molecular flexibility index (Phi) is 4.87. The lowest BCUT2D eigenvalue weighted by Crippen LogP contribution is -2.31. The smallest absolute Gasteiger partial charge is 0.278 e. The van der Waals surface area contributed by atoms with Gasteiger partial charge in [0.2, 0.25) is 0 Å². The number of halogens is 1. The molecule has 0 radical (unpaired) electrons. The second kappa shape index (κ2) is 7.63. The highest BCUT2D eigenvalue weighted by Crippen LogP contribution is 2.32. The number of methoxy groups -OCH3 is 1. The Balaban J connectivity index is 1.75. The van der Waals surface area contributed by atoms with Crippen molar-refractivity contribution in [3.8, 4) is 5.75 Å². The van der Waals surface area contributed by atoms with Gasteiger partial charge in [-0.15, -0.1) is 0 Å². The quantitative estimate of drug-likeness (QED) is 0.646. The number of carbonyl (C=O) groups is 2. The maximum Gasteiger partial charge on any atom is 0.278 e. The molecule has 0 atom stereocenters. The number of nitrogens with one attached hydrogen (secondary N) is 1. The van der Waals surface area contributed by atoms with E-state index < -0.39 is 17.6 Å². The van der Waals surface area contributed by atoms with Gasteiger partial charge in [-0.25, -0.2) is 4.39 Å². The molecule has 3 aromatic rings. The topological polar surface area (TPSA) is 71.8 Å². The van der Waals surface area contributed by atoms with Gasteiger partial charge < -0.3 is 14.5 Å². The molecule has 1 aliphatic heterocycles. The molecule has 29 heavy (non-hydrogen) atoms. The second-order valence-corrected chi connectivity index (χ2v) is 6.39. The summed E-state index contributed by atoms with van der Waals surface area (Å²) in [4.78, 5) is 27.3. The summed E-state index contributed by atoms with van der Waals surface area (Å²) in [5, 5.41) is 2.91. The van der Waals surface area contributed by atoms with Crippen molar-refractivity contribution in [2.45, 2.75) is 6.54 Å². The summed E-state index contributed by atoms with van der Waals surface area (Å²) in [5.74, 6) is -0.325. The molecule has 0 saturated heterocycles. The number of ether oxygens (including phenoxy) is 1. The highest BCUT2D eigenvalue weighted by atomic mass is 19.1. The Morgan fingerprint density at radius 2 is 1.83 bits per heavy atom. The molecular weight excluding hydrogens is 375 g/mol. The van der Waals surface area contributed by atoms with Crippen LogP contribution in [0, 0.1) is 5.82 Å². The van der Waals surface area contributed by atoms with Gasteiger partial charge >= 0.3 is 0 Å². The zero-order valence-electron chi connectivity index (χ0n) is 15.5. The maximum atomic E-state index is 13.6. The minimum absolute atomic E-state index is 0.00134. The van der Waals surface area contributed by atoms with Crippen molar-refractivity contribution in [1.82, 2.24) is 4.90 Å². The predicted molar refractivity (Wildman–Crippen MR) is 104 cm³/mol. The van der Waals surface area contributed by atoms with Gasteiger partial charge in [0.1, 0.15) is 23.0 Å². The van der Waals surface area contributed by atoms with Crippen LogP contribution in [0.15, 0.2) is 77.0 Å². The Hall–Kier alpha value is -3.87. The monoisotopic (exact) mass is 392 g/mol. The number of nitrogens with zero attached hydrogens (tertiary/aromatic N) is 1. The average Bonchev–Trinajstić information content (AvgIpc) is 3.31. The summed E-state index contributed by atoms with van der Waals surface area (Å²) in [6.45, 7) is -0.00134. The third kappa shape index (κ3) is 3.62. The van der Waals surface area contributed by atoms with E-state index in [1.165, 1.54) is 24.5 Å². The molecule has 4 rings (SSSR count). The van der Waals surface area contributed by atoms with Gasteiger partial charge in [-0.2, -0.15) is 0 Å². The zero-order valence-corrected chi connectivity index (χ0v) is 15.5. The first-order valence-electron chi connectivity index (χ1n) is 8.86. The van der Waals surface area contributed by atoms with E-state index in [-0.39, 0.29) is 17.8 Å². The van der Waals surface area contributed by atoms with Crippen LogP contribution in [-0.4, -0.2) is 23.8 Å². The molecule has 1 aromatic heterocycles. The number of benzene rings is 2. The van der Waals surface area contributed by atoms with Crippen LogP contribution < -0.4 is 10.1 Å². The van der Waals surface area contributed by atoms with Crippen LogP contribution in [0.5, 0.6) is 5.75 Å². The third-order valence-electron chi connectivity index (χ3n) is 4.53. The predicted octanol–water partition coefficient (Wildman–Crippen LogP) is 3.82. The molecule has 0 aliphatic carbocycles. The summed E-state index contributed by atoms with van der Waals surface area (Å²) >= 11 is 0. The molecule has 0 unspecified atom stereocenters. The number of furan rings is 1. The fourth-order valence-electron chi connectivity index (χ4n) is 3.13.